The summed E-state index contributed by atoms with van der Waals surface area (Å²) < 4.78 is 5.48. The van der Waals surface area contributed by atoms with Crippen molar-refractivity contribution in [2.24, 2.45) is 0 Å². The fourth-order valence-corrected chi connectivity index (χ4v) is 10.2. The highest BCUT2D eigenvalue weighted by Gasteiger charge is 2.18. The topological polar surface area (TPSA) is 95.9 Å². The smallest absolute Gasteiger partial charge is 0.305 e. The maximum atomic E-state index is 12.4. The molecule has 0 radical (unpaired) electrons. The zero-order chi connectivity index (χ0) is 54.3. The van der Waals surface area contributed by atoms with Crippen molar-refractivity contribution in [2.45, 2.75) is 366 Å². The van der Waals surface area contributed by atoms with Crippen LogP contribution in [0.15, 0.2) is 48.6 Å². The average molecular weight is 1050 g/mol. The number of carbonyl (C=O) groups is 2. The summed E-state index contributed by atoms with van der Waals surface area (Å²) in [5.74, 6) is -0.0620. The molecule has 2 atom stereocenters. The quantitative estimate of drug-likeness (QED) is 0.0320. The monoisotopic (exact) mass is 1050 g/mol. The Bertz CT molecular complexity index is 1260. The molecule has 2 unspecified atom stereocenters. The van der Waals surface area contributed by atoms with E-state index in [1.165, 1.54) is 276 Å². The number of ether oxygens (including phenoxy) is 1. The summed E-state index contributed by atoms with van der Waals surface area (Å²) in [6.45, 7) is 4.86. The van der Waals surface area contributed by atoms with Crippen LogP contribution in [0, 0.1) is 0 Å². The number of rotatable bonds is 62. The molecule has 0 bridgehead atoms. The van der Waals surface area contributed by atoms with Gasteiger partial charge in [0.15, 0.2) is 0 Å². The Morgan fingerprint density at radius 3 is 1.07 bits per heavy atom. The van der Waals surface area contributed by atoms with Crippen LogP contribution in [0.25, 0.3) is 0 Å². The largest absolute Gasteiger partial charge is 0.466 e. The predicted octanol–water partition coefficient (Wildman–Crippen LogP) is 21.3. The van der Waals surface area contributed by atoms with E-state index in [9.17, 15) is 19.8 Å². The normalized spacial score (nSPS) is 12.9. The van der Waals surface area contributed by atoms with Gasteiger partial charge in [-0.15, -0.1) is 0 Å². The number of allylic oxidation sites excluding steroid dienone is 7. The van der Waals surface area contributed by atoms with Gasteiger partial charge in [-0.25, -0.2) is 0 Å². The Labute approximate surface area is 467 Å². The van der Waals surface area contributed by atoms with E-state index in [1.807, 2.05) is 6.08 Å². The summed E-state index contributed by atoms with van der Waals surface area (Å²) in [6.07, 6.45) is 83.3. The van der Waals surface area contributed by atoms with Gasteiger partial charge < -0.3 is 20.3 Å². The Kier molecular flexibility index (Phi) is 62.5. The van der Waals surface area contributed by atoms with Crippen LogP contribution in [-0.4, -0.2) is 47.4 Å². The molecule has 0 aliphatic rings. The molecule has 0 aliphatic heterocycles. The summed E-state index contributed by atoms with van der Waals surface area (Å²) in [6, 6.07) is -0.624. The van der Waals surface area contributed by atoms with Crippen LogP contribution < -0.4 is 5.32 Å². The van der Waals surface area contributed by atoms with Crippen LogP contribution in [0.5, 0.6) is 0 Å². The lowest BCUT2D eigenvalue weighted by atomic mass is 10.0. The minimum absolute atomic E-state index is 0.00351. The SMILES string of the molecule is CCCC/C=C\C/C=C\CCCCCCCC(=O)OCCCCCCCCCCCCCC/C=C\CCCCCCCCCCCCCCCCCCCC(=O)NC(CO)C(O)/C=C/CCCCCCCCCCC. The third kappa shape index (κ3) is 60.9. The molecule has 0 aromatic heterocycles. The van der Waals surface area contributed by atoms with Crippen molar-refractivity contribution >= 4 is 11.9 Å². The Morgan fingerprint density at radius 2 is 0.680 bits per heavy atom. The van der Waals surface area contributed by atoms with Crippen molar-refractivity contribution in [2.75, 3.05) is 13.2 Å². The molecule has 0 heterocycles. The lowest BCUT2D eigenvalue weighted by molar-refractivity contribution is -0.143. The van der Waals surface area contributed by atoms with Crippen LogP contribution in [0.3, 0.4) is 0 Å². The molecule has 0 aliphatic carbocycles. The summed E-state index contributed by atoms with van der Waals surface area (Å²) in [5, 5.41) is 23.0. The summed E-state index contributed by atoms with van der Waals surface area (Å²) in [5.41, 5.74) is 0. The fraction of sp³-hybridized carbons (Fsp3) is 0.855. The fourth-order valence-electron chi connectivity index (χ4n) is 10.2. The van der Waals surface area contributed by atoms with E-state index in [-0.39, 0.29) is 18.5 Å². The van der Waals surface area contributed by atoms with E-state index in [2.05, 4.69) is 55.6 Å². The number of esters is 1. The van der Waals surface area contributed by atoms with Gasteiger partial charge in [-0.3, -0.25) is 9.59 Å². The Hall–Kier alpha value is -2.18. The van der Waals surface area contributed by atoms with Gasteiger partial charge >= 0.3 is 5.97 Å². The van der Waals surface area contributed by atoms with Crippen molar-refractivity contribution in [3.63, 3.8) is 0 Å². The van der Waals surface area contributed by atoms with E-state index in [0.29, 0.717) is 19.4 Å². The predicted molar refractivity (Wildman–Crippen MR) is 329 cm³/mol. The molecule has 0 saturated carbocycles. The van der Waals surface area contributed by atoms with Gasteiger partial charge in [0.2, 0.25) is 5.91 Å². The molecular formula is C69H129NO5. The number of unbranched alkanes of at least 4 members (excludes halogenated alkanes) is 45. The lowest BCUT2D eigenvalue weighted by Gasteiger charge is -2.20. The molecule has 0 aromatic carbocycles. The van der Waals surface area contributed by atoms with Gasteiger partial charge in [0.25, 0.3) is 0 Å². The van der Waals surface area contributed by atoms with Crippen LogP contribution in [0.2, 0.25) is 0 Å². The Balaban J connectivity index is 3.35. The molecule has 440 valence electrons. The Morgan fingerprint density at radius 1 is 0.373 bits per heavy atom. The number of hydrogen-bond donors (Lipinski definition) is 3. The number of nitrogens with one attached hydrogen (secondary N) is 1. The zero-order valence-corrected chi connectivity index (χ0v) is 50.3. The van der Waals surface area contributed by atoms with Crippen molar-refractivity contribution < 1.29 is 24.5 Å². The van der Waals surface area contributed by atoms with Gasteiger partial charge in [0.05, 0.1) is 25.4 Å². The number of amides is 1. The van der Waals surface area contributed by atoms with Gasteiger partial charge in [-0.1, -0.05) is 306 Å². The second-order valence-electron chi connectivity index (χ2n) is 22.8. The van der Waals surface area contributed by atoms with Gasteiger partial charge in [-0.2, -0.15) is 0 Å². The van der Waals surface area contributed by atoms with Crippen molar-refractivity contribution in [1.82, 2.24) is 5.32 Å². The maximum Gasteiger partial charge on any atom is 0.305 e. The van der Waals surface area contributed by atoms with E-state index < -0.39 is 12.1 Å². The third-order valence-corrected chi connectivity index (χ3v) is 15.3. The highest BCUT2D eigenvalue weighted by atomic mass is 16.5. The van der Waals surface area contributed by atoms with Crippen molar-refractivity contribution in [3.8, 4) is 0 Å². The highest BCUT2D eigenvalue weighted by molar-refractivity contribution is 5.76. The zero-order valence-electron chi connectivity index (χ0n) is 50.3. The standard InChI is InChI=1S/C69H129NO5/c1-3-5-7-9-11-13-15-16-39-43-47-51-55-59-63-69(74)75-64-60-56-52-48-44-40-37-35-33-31-29-27-25-23-21-19-17-18-20-22-24-26-28-30-32-34-36-38-42-46-50-54-58-62-68(73)70-66(65-71)67(72)61-57-53-49-45-41-14-12-10-8-6-4-2/h9,11,15-16,21,23,57,61,66-67,71-72H,3-8,10,12-14,17-20,22,24-56,58-60,62-65H2,1-2H3,(H,70,73)/b11-9-,16-15-,23-21-,61-57+. The second-order valence-corrected chi connectivity index (χ2v) is 22.8. The van der Waals surface area contributed by atoms with Gasteiger partial charge in [0.1, 0.15) is 0 Å². The average Bonchev–Trinajstić information content (AvgIpc) is 3.41. The van der Waals surface area contributed by atoms with Crippen molar-refractivity contribution in [3.05, 3.63) is 48.6 Å². The summed E-state index contributed by atoms with van der Waals surface area (Å²) in [4.78, 5) is 24.5. The lowest BCUT2D eigenvalue weighted by Crippen LogP contribution is -2.45. The maximum absolute atomic E-state index is 12.4. The van der Waals surface area contributed by atoms with Crippen LogP contribution in [0.1, 0.15) is 354 Å². The van der Waals surface area contributed by atoms with Gasteiger partial charge in [0, 0.05) is 12.8 Å². The molecular weight excluding hydrogens is 923 g/mol. The number of aliphatic hydroxyl groups is 2. The van der Waals surface area contributed by atoms with E-state index in [0.717, 1.165) is 51.4 Å². The molecule has 6 nitrogen and oxygen atoms in total. The molecule has 6 heteroatoms. The molecule has 75 heavy (non-hydrogen) atoms. The first-order valence-corrected chi connectivity index (χ1v) is 33.4. The van der Waals surface area contributed by atoms with E-state index in [4.69, 9.17) is 4.74 Å². The van der Waals surface area contributed by atoms with Gasteiger partial charge in [-0.05, 0) is 83.5 Å². The third-order valence-electron chi connectivity index (χ3n) is 15.3. The van der Waals surface area contributed by atoms with Crippen LogP contribution in [-0.2, 0) is 14.3 Å². The number of carbonyl (C=O) groups excluding carboxylic acids is 2. The van der Waals surface area contributed by atoms with Crippen molar-refractivity contribution in [1.29, 1.82) is 0 Å². The summed E-state index contributed by atoms with van der Waals surface area (Å²) >= 11 is 0. The molecule has 0 fully saturated rings. The molecule has 0 saturated heterocycles. The summed E-state index contributed by atoms with van der Waals surface area (Å²) in [7, 11) is 0. The first-order chi connectivity index (χ1) is 37.0. The minimum Gasteiger partial charge on any atom is -0.466 e. The van der Waals surface area contributed by atoms with E-state index >= 15 is 0 Å². The molecule has 1 amide bonds. The minimum atomic E-state index is -0.841. The number of hydrogen-bond acceptors (Lipinski definition) is 5. The second kappa shape index (κ2) is 64.3. The van der Waals surface area contributed by atoms with Crippen LogP contribution in [0.4, 0.5) is 0 Å². The first kappa shape index (κ1) is 72.8. The number of aliphatic hydroxyl groups excluding tert-OH is 2. The van der Waals surface area contributed by atoms with E-state index in [1.54, 1.807) is 6.08 Å². The molecule has 0 rings (SSSR count). The molecule has 0 spiro atoms. The highest BCUT2D eigenvalue weighted by Crippen LogP contribution is 2.17. The molecule has 3 N–H and O–H groups in total. The van der Waals surface area contributed by atoms with Crippen LogP contribution >= 0.6 is 0 Å². The molecule has 0 aromatic rings. The first-order valence-electron chi connectivity index (χ1n) is 33.4.